The molecular weight excluding hydrogens is 340 g/mol. The van der Waals surface area contributed by atoms with Crippen LogP contribution in [0.4, 0.5) is 5.82 Å². The molecule has 2 aromatic heterocycles. The molecule has 3 N–H and O–H groups in total. The zero-order chi connectivity index (χ0) is 19.1. The van der Waals surface area contributed by atoms with Crippen LogP contribution in [0.3, 0.4) is 0 Å². The molecule has 0 aliphatic carbocycles. The summed E-state index contributed by atoms with van der Waals surface area (Å²) in [6, 6.07) is 10.0. The molecule has 0 spiro atoms. The third kappa shape index (κ3) is 5.13. The van der Waals surface area contributed by atoms with E-state index in [1.165, 1.54) is 5.56 Å². The normalized spacial score (nSPS) is 10.6. The topological polar surface area (TPSA) is 95.6 Å². The maximum atomic E-state index is 12.4. The van der Waals surface area contributed by atoms with Crippen LogP contribution in [0.2, 0.25) is 0 Å². The first-order valence-electron chi connectivity index (χ1n) is 9.02. The van der Waals surface area contributed by atoms with Crippen molar-refractivity contribution in [1.29, 1.82) is 0 Å². The number of carbonyl (C=O) groups excluding carboxylic acids is 1. The third-order valence-electron chi connectivity index (χ3n) is 4.40. The summed E-state index contributed by atoms with van der Waals surface area (Å²) >= 11 is 0. The van der Waals surface area contributed by atoms with Crippen molar-refractivity contribution >= 4 is 11.7 Å². The molecule has 0 bridgehead atoms. The Labute approximate surface area is 158 Å². The molecule has 1 aromatic carbocycles. The fraction of sp³-hybridized carbons (Fsp3) is 0.300. The van der Waals surface area contributed by atoms with E-state index < -0.39 is 0 Å². The van der Waals surface area contributed by atoms with Crippen LogP contribution in [-0.2, 0) is 12.8 Å². The molecule has 0 aliphatic rings. The number of hydrogen-bond donors (Lipinski definition) is 3. The number of aryl methyl sites for hydroxylation is 1. The molecule has 27 heavy (non-hydrogen) atoms. The molecular formula is C20H24N6O. The summed E-state index contributed by atoms with van der Waals surface area (Å²) in [6.07, 6.45) is 5.25. The predicted molar refractivity (Wildman–Crippen MR) is 105 cm³/mol. The molecule has 2 heterocycles. The lowest BCUT2D eigenvalue weighted by Crippen LogP contribution is -2.28. The van der Waals surface area contributed by atoms with Crippen LogP contribution in [0.15, 0.2) is 42.7 Å². The van der Waals surface area contributed by atoms with Crippen LogP contribution in [0.5, 0.6) is 0 Å². The number of anilines is 1. The number of aromatic amines is 1. The first-order chi connectivity index (χ1) is 13.1. The fourth-order valence-electron chi connectivity index (χ4n) is 2.69. The molecule has 3 rings (SSSR count). The molecule has 0 saturated heterocycles. The Balaban J connectivity index is 1.59. The van der Waals surface area contributed by atoms with E-state index in [-0.39, 0.29) is 11.7 Å². The number of nitrogens with one attached hydrogen (secondary N) is 3. The van der Waals surface area contributed by atoms with Gasteiger partial charge in [-0.2, -0.15) is 5.10 Å². The van der Waals surface area contributed by atoms with Crippen LogP contribution in [0.1, 0.15) is 33.0 Å². The van der Waals surface area contributed by atoms with Gasteiger partial charge in [-0.3, -0.25) is 9.89 Å². The Morgan fingerprint density at radius 1 is 1.04 bits per heavy atom. The summed E-state index contributed by atoms with van der Waals surface area (Å²) in [7, 11) is 0. The van der Waals surface area contributed by atoms with Crippen molar-refractivity contribution in [3.8, 4) is 0 Å². The van der Waals surface area contributed by atoms with Gasteiger partial charge in [-0.1, -0.05) is 30.3 Å². The van der Waals surface area contributed by atoms with Crippen molar-refractivity contribution in [3.05, 3.63) is 70.9 Å². The van der Waals surface area contributed by atoms with E-state index in [4.69, 9.17) is 0 Å². The number of aromatic nitrogens is 4. The minimum Gasteiger partial charge on any atom is -0.369 e. The molecule has 0 atom stereocenters. The number of carbonyl (C=O) groups is 1. The van der Waals surface area contributed by atoms with Crippen LogP contribution in [0.25, 0.3) is 0 Å². The Hall–Kier alpha value is -3.22. The van der Waals surface area contributed by atoms with Gasteiger partial charge in [0.25, 0.3) is 5.91 Å². The molecule has 0 radical (unpaired) electrons. The molecule has 1 amide bonds. The lowest BCUT2D eigenvalue weighted by molar-refractivity contribution is 0.0943. The van der Waals surface area contributed by atoms with E-state index in [2.05, 4.69) is 30.8 Å². The standard InChI is InChI=1S/C20H24N6O/c1-14-15(2)25-19(20(27)22-11-8-16-6-4-3-5-7-16)26-18(14)21-10-9-17-12-23-24-13-17/h3-7,12-13H,8-11H2,1-2H3,(H,22,27)(H,23,24)(H,21,25,26). The van der Waals surface area contributed by atoms with E-state index in [0.29, 0.717) is 18.9 Å². The Morgan fingerprint density at radius 2 is 1.81 bits per heavy atom. The molecule has 0 saturated carbocycles. The van der Waals surface area contributed by atoms with Crippen molar-refractivity contribution in [2.24, 2.45) is 0 Å². The van der Waals surface area contributed by atoms with Gasteiger partial charge in [0.1, 0.15) is 5.82 Å². The van der Waals surface area contributed by atoms with Gasteiger partial charge >= 0.3 is 0 Å². The highest BCUT2D eigenvalue weighted by atomic mass is 16.2. The quantitative estimate of drug-likeness (QED) is 0.571. The number of nitrogens with zero attached hydrogens (tertiary/aromatic N) is 3. The second-order valence-corrected chi connectivity index (χ2v) is 6.38. The summed E-state index contributed by atoms with van der Waals surface area (Å²) in [5.41, 5.74) is 4.04. The van der Waals surface area contributed by atoms with E-state index in [9.17, 15) is 4.79 Å². The number of amides is 1. The Bertz CT molecular complexity index is 877. The summed E-state index contributed by atoms with van der Waals surface area (Å²) < 4.78 is 0. The largest absolute Gasteiger partial charge is 0.369 e. The monoisotopic (exact) mass is 364 g/mol. The average molecular weight is 364 g/mol. The minimum atomic E-state index is -0.257. The van der Waals surface area contributed by atoms with Gasteiger partial charge in [0, 0.05) is 30.5 Å². The molecule has 0 fully saturated rings. The maximum absolute atomic E-state index is 12.4. The van der Waals surface area contributed by atoms with Gasteiger partial charge in [0.15, 0.2) is 0 Å². The third-order valence-corrected chi connectivity index (χ3v) is 4.40. The number of rotatable bonds is 8. The predicted octanol–water partition coefficient (Wildman–Crippen LogP) is 2.44. The number of benzene rings is 1. The van der Waals surface area contributed by atoms with E-state index in [1.54, 1.807) is 6.20 Å². The van der Waals surface area contributed by atoms with Gasteiger partial charge in [-0.25, -0.2) is 9.97 Å². The summed E-state index contributed by atoms with van der Waals surface area (Å²) in [4.78, 5) is 21.2. The molecule has 0 aliphatic heterocycles. The highest BCUT2D eigenvalue weighted by molar-refractivity contribution is 5.90. The Kier molecular flexibility index (Phi) is 6.14. The lowest BCUT2D eigenvalue weighted by Gasteiger charge is -2.12. The van der Waals surface area contributed by atoms with Crippen molar-refractivity contribution in [2.45, 2.75) is 26.7 Å². The van der Waals surface area contributed by atoms with Crippen LogP contribution in [0, 0.1) is 13.8 Å². The van der Waals surface area contributed by atoms with Gasteiger partial charge in [-0.15, -0.1) is 0 Å². The van der Waals surface area contributed by atoms with E-state index in [0.717, 1.165) is 29.7 Å². The lowest BCUT2D eigenvalue weighted by atomic mass is 10.1. The number of H-pyrrole nitrogens is 1. The van der Waals surface area contributed by atoms with E-state index in [1.807, 2.05) is 50.4 Å². The SMILES string of the molecule is Cc1nc(C(=O)NCCc2ccccc2)nc(NCCc2cn[nH]c2)c1C. The van der Waals surface area contributed by atoms with Crippen LogP contribution < -0.4 is 10.6 Å². The molecule has 0 unspecified atom stereocenters. The highest BCUT2D eigenvalue weighted by Crippen LogP contribution is 2.15. The maximum Gasteiger partial charge on any atom is 0.289 e. The molecule has 7 heteroatoms. The highest BCUT2D eigenvalue weighted by Gasteiger charge is 2.14. The van der Waals surface area contributed by atoms with Crippen molar-refractivity contribution in [3.63, 3.8) is 0 Å². The van der Waals surface area contributed by atoms with E-state index >= 15 is 0 Å². The zero-order valence-corrected chi connectivity index (χ0v) is 15.6. The summed E-state index contributed by atoms with van der Waals surface area (Å²) in [6.45, 7) is 5.08. The van der Waals surface area contributed by atoms with Gasteiger partial charge in [-0.05, 0) is 37.8 Å². The first kappa shape index (κ1) is 18.6. The molecule has 7 nitrogen and oxygen atoms in total. The number of hydrogen-bond acceptors (Lipinski definition) is 5. The smallest absolute Gasteiger partial charge is 0.289 e. The van der Waals surface area contributed by atoms with Gasteiger partial charge in [0.05, 0.1) is 6.20 Å². The van der Waals surface area contributed by atoms with Crippen molar-refractivity contribution < 1.29 is 4.79 Å². The van der Waals surface area contributed by atoms with Crippen LogP contribution >= 0.6 is 0 Å². The molecule has 3 aromatic rings. The van der Waals surface area contributed by atoms with Gasteiger partial charge < -0.3 is 10.6 Å². The first-order valence-corrected chi connectivity index (χ1v) is 9.02. The second kappa shape index (κ2) is 8.93. The Morgan fingerprint density at radius 3 is 2.56 bits per heavy atom. The molecule has 140 valence electrons. The summed E-state index contributed by atoms with van der Waals surface area (Å²) in [5, 5.41) is 12.9. The van der Waals surface area contributed by atoms with Crippen LogP contribution in [-0.4, -0.2) is 39.2 Å². The van der Waals surface area contributed by atoms with Gasteiger partial charge in [0.2, 0.25) is 5.82 Å². The van der Waals surface area contributed by atoms with Crippen molar-refractivity contribution in [2.75, 3.05) is 18.4 Å². The zero-order valence-electron chi connectivity index (χ0n) is 15.6. The fourth-order valence-corrected chi connectivity index (χ4v) is 2.69. The average Bonchev–Trinajstić information content (AvgIpc) is 3.19. The minimum absolute atomic E-state index is 0.192. The van der Waals surface area contributed by atoms with Crippen molar-refractivity contribution in [1.82, 2.24) is 25.5 Å². The summed E-state index contributed by atoms with van der Waals surface area (Å²) in [5.74, 6) is 0.628. The second-order valence-electron chi connectivity index (χ2n) is 6.38.